The third-order valence-electron chi connectivity index (χ3n) is 2.01. The molecule has 0 aliphatic carbocycles. The lowest BCUT2D eigenvalue weighted by atomic mass is 10.2. The van der Waals surface area contributed by atoms with E-state index in [4.69, 9.17) is 0 Å². The average Bonchev–Trinajstić information content (AvgIpc) is 2.15. The molecule has 0 saturated carbocycles. The first-order chi connectivity index (χ1) is 6.74. The Morgan fingerprint density at radius 3 is 2.86 bits per heavy atom. The predicted octanol–water partition coefficient (Wildman–Crippen LogP) is -0.00768. The van der Waals surface area contributed by atoms with Crippen LogP contribution in [0.4, 0.5) is 0 Å². The molecule has 0 unspecified atom stereocenters. The summed E-state index contributed by atoms with van der Waals surface area (Å²) in [6.45, 7) is 4.27. The number of aromatic amines is 1. The van der Waals surface area contributed by atoms with Crippen LogP contribution in [0.1, 0.15) is 11.3 Å². The highest BCUT2D eigenvalue weighted by molar-refractivity contribution is 5.13. The van der Waals surface area contributed by atoms with Gasteiger partial charge in [0.05, 0.1) is 0 Å². The Hall–Kier alpha value is -1.13. The molecule has 0 aliphatic rings. The number of aromatic nitrogens is 1. The van der Waals surface area contributed by atoms with Crippen molar-refractivity contribution in [1.82, 2.24) is 15.6 Å². The number of hydrogen-bond donors (Lipinski definition) is 3. The summed E-state index contributed by atoms with van der Waals surface area (Å²) in [5.74, 6) is 0. The third-order valence-corrected chi connectivity index (χ3v) is 2.01. The van der Waals surface area contributed by atoms with Gasteiger partial charge in [0, 0.05) is 43.2 Å². The minimum Gasteiger partial charge on any atom is -0.365 e. The standard InChI is InChI=1S/C10H17N3O/c1-8-5-10(14)9(7-13-8)6-12-4-3-11-2/h5,7,11-12H,3-4,6H2,1-2H3,(H,13,14). The van der Waals surface area contributed by atoms with Gasteiger partial charge < -0.3 is 15.6 Å². The molecule has 4 nitrogen and oxygen atoms in total. The zero-order valence-corrected chi connectivity index (χ0v) is 8.68. The van der Waals surface area contributed by atoms with Crippen LogP contribution in [0.15, 0.2) is 17.1 Å². The highest BCUT2D eigenvalue weighted by Gasteiger charge is 1.97. The molecule has 1 aromatic rings. The van der Waals surface area contributed by atoms with Crippen molar-refractivity contribution in [2.45, 2.75) is 13.5 Å². The lowest BCUT2D eigenvalue weighted by molar-refractivity contribution is 0.647. The van der Waals surface area contributed by atoms with Gasteiger partial charge in [-0.2, -0.15) is 0 Å². The number of H-pyrrole nitrogens is 1. The van der Waals surface area contributed by atoms with E-state index in [9.17, 15) is 4.79 Å². The number of likely N-dealkylation sites (N-methyl/N-ethyl adjacent to an activating group) is 1. The van der Waals surface area contributed by atoms with Crippen LogP contribution in [0.2, 0.25) is 0 Å². The fraction of sp³-hybridized carbons (Fsp3) is 0.500. The SMILES string of the molecule is CNCCNCc1c[nH]c(C)cc1=O. The Balaban J connectivity index is 2.47. The van der Waals surface area contributed by atoms with E-state index in [0.29, 0.717) is 6.54 Å². The Morgan fingerprint density at radius 1 is 1.43 bits per heavy atom. The number of aryl methyl sites for hydroxylation is 1. The predicted molar refractivity (Wildman–Crippen MR) is 57.4 cm³/mol. The maximum Gasteiger partial charge on any atom is 0.186 e. The molecule has 0 radical (unpaired) electrons. The molecule has 0 atom stereocenters. The molecule has 78 valence electrons. The first-order valence-corrected chi connectivity index (χ1v) is 4.77. The number of hydrogen-bond acceptors (Lipinski definition) is 3. The summed E-state index contributed by atoms with van der Waals surface area (Å²) < 4.78 is 0. The van der Waals surface area contributed by atoms with Crippen LogP contribution < -0.4 is 16.1 Å². The molecule has 1 rings (SSSR count). The molecular weight excluding hydrogens is 178 g/mol. The highest BCUT2D eigenvalue weighted by Crippen LogP contribution is 1.90. The normalized spacial score (nSPS) is 10.4. The van der Waals surface area contributed by atoms with Crippen LogP contribution in [0.25, 0.3) is 0 Å². The fourth-order valence-electron chi connectivity index (χ4n) is 1.18. The van der Waals surface area contributed by atoms with Crippen molar-refractivity contribution in [3.05, 3.63) is 33.7 Å². The van der Waals surface area contributed by atoms with Crippen molar-refractivity contribution in [1.29, 1.82) is 0 Å². The molecule has 4 heteroatoms. The van der Waals surface area contributed by atoms with Crippen LogP contribution >= 0.6 is 0 Å². The van der Waals surface area contributed by atoms with E-state index in [-0.39, 0.29) is 5.43 Å². The van der Waals surface area contributed by atoms with Crippen molar-refractivity contribution < 1.29 is 0 Å². The maximum atomic E-state index is 11.4. The van der Waals surface area contributed by atoms with Crippen LogP contribution in [0.3, 0.4) is 0 Å². The molecule has 0 aromatic carbocycles. The number of nitrogens with one attached hydrogen (secondary N) is 3. The van der Waals surface area contributed by atoms with E-state index in [0.717, 1.165) is 24.3 Å². The highest BCUT2D eigenvalue weighted by atomic mass is 16.1. The van der Waals surface area contributed by atoms with E-state index in [2.05, 4.69) is 15.6 Å². The van der Waals surface area contributed by atoms with Gasteiger partial charge in [0.1, 0.15) is 0 Å². The molecule has 0 saturated heterocycles. The second-order valence-corrected chi connectivity index (χ2v) is 3.29. The molecule has 0 amide bonds. The monoisotopic (exact) mass is 195 g/mol. The molecule has 0 spiro atoms. The van der Waals surface area contributed by atoms with Crippen molar-refractivity contribution in [3.63, 3.8) is 0 Å². The van der Waals surface area contributed by atoms with Crippen molar-refractivity contribution in [2.24, 2.45) is 0 Å². The summed E-state index contributed by atoms with van der Waals surface area (Å²) in [7, 11) is 1.90. The van der Waals surface area contributed by atoms with Gasteiger partial charge in [-0.3, -0.25) is 4.79 Å². The van der Waals surface area contributed by atoms with Crippen molar-refractivity contribution in [3.8, 4) is 0 Å². The summed E-state index contributed by atoms with van der Waals surface area (Å²) >= 11 is 0. The minimum atomic E-state index is 0.0956. The fourth-order valence-corrected chi connectivity index (χ4v) is 1.18. The van der Waals surface area contributed by atoms with Crippen LogP contribution in [0, 0.1) is 6.92 Å². The van der Waals surface area contributed by atoms with Gasteiger partial charge in [-0.1, -0.05) is 0 Å². The van der Waals surface area contributed by atoms with E-state index in [1.165, 1.54) is 0 Å². The Labute approximate surface area is 83.7 Å². The quantitative estimate of drug-likeness (QED) is 0.579. The van der Waals surface area contributed by atoms with E-state index < -0.39 is 0 Å². The average molecular weight is 195 g/mol. The summed E-state index contributed by atoms with van der Waals surface area (Å²) in [5.41, 5.74) is 1.78. The summed E-state index contributed by atoms with van der Waals surface area (Å²) in [6.07, 6.45) is 1.77. The van der Waals surface area contributed by atoms with Crippen LogP contribution in [-0.2, 0) is 6.54 Å². The van der Waals surface area contributed by atoms with E-state index in [1.807, 2.05) is 14.0 Å². The second kappa shape index (κ2) is 5.57. The zero-order valence-electron chi connectivity index (χ0n) is 8.68. The lowest BCUT2D eigenvalue weighted by Gasteiger charge is -2.03. The van der Waals surface area contributed by atoms with Crippen molar-refractivity contribution >= 4 is 0 Å². The smallest absolute Gasteiger partial charge is 0.186 e. The zero-order chi connectivity index (χ0) is 10.4. The van der Waals surface area contributed by atoms with Crippen LogP contribution in [0.5, 0.6) is 0 Å². The topological polar surface area (TPSA) is 56.9 Å². The Kier molecular flexibility index (Phi) is 4.35. The van der Waals surface area contributed by atoms with E-state index >= 15 is 0 Å². The molecule has 0 fully saturated rings. The molecule has 1 heterocycles. The molecule has 0 bridgehead atoms. The van der Waals surface area contributed by atoms with Gasteiger partial charge in [0.2, 0.25) is 0 Å². The van der Waals surface area contributed by atoms with Crippen molar-refractivity contribution in [2.75, 3.05) is 20.1 Å². The summed E-state index contributed by atoms with van der Waals surface area (Å²) in [4.78, 5) is 14.5. The molecule has 1 aromatic heterocycles. The second-order valence-electron chi connectivity index (χ2n) is 3.29. The first-order valence-electron chi connectivity index (χ1n) is 4.77. The number of rotatable bonds is 5. The number of pyridine rings is 1. The molecule has 3 N–H and O–H groups in total. The maximum absolute atomic E-state index is 11.4. The van der Waals surface area contributed by atoms with Gasteiger partial charge >= 0.3 is 0 Å². The van der Waals surface area contributed by atoms with Gasteiger partial charge in [0.15, 0.2) is 5.43 Å². The van der Waals surface area contributed by atoms with Crippen LogP contribution in [-0.4, -0.2) is 25.1 Å². The first kappa shape index (κ1) is 10.9. The minimum absolute atomic E-state index is 0.0956. The largest absolute Gasteiger partial charge is 0.365 e. The lowest BCUT2D eigenvalue weighted by Crippen LogP contribution is -2.26. The Bertz CT molecular complexity index is 332. The Morgan fingerprint density at radius 2 is 2.21 bits per heavy atom. The summed E-state index contributed by atoms with van der Waals surface area (Å²) in [6, 6.07) is 1.62. The third kappa shape index (κ3) is 3.32. The van der Waals surface area contributed by atoms with Gasteiger partial charge in [-0.05, 0) is 14.0 Å². The van der Waals surface area contributed by atoms with E-state index in [1.54, 1.807) is 12.3 Å². The summed E-state index contributed by atoms with van der Waals surface area (Å²) in [5, 5.41) is 6.21. The molecular formula is C10H17N3O. The molecule has 14 heavy (non-hydrogen) atoms. The van der Waals surface area contributed by atoms with Gasteiger partial charge in [-0.15, -0.1) is 0 Å². The van der Waals surface area contributed by atoms with Gasteiger partial charge in [-0.25, -0.2) is 0 Å². The molecule has 0 aliphatic heterocycles. The van der Waals surface area contributed by atoms with Gasteiger partial charge in [0.25, 0.3) is 0 Å².